The zero-order valence-corrected chi connectivity index (χ0v) is 13.4. The number of pyridine rings is 1. The molecule has 0 saturated heterocycles. The van der Waals surface area contributed by atoms with Crippen molar-refractivity contribution in [3.05, 3.63) is 78.0 Å². The van der Waals surface area contributed by atoms with Crippen LogP contribution in [0.2, 0.25) is 0 Å². The van der Waals surface area contributed by atoms with Crippen molar-refractivity contribution in [3.8, 4) is 11.1 Å². The maximum absolute atomic E-state index is 9.10. The zero-order valence-electron chi connectivity index (χ0n) is 13.4. The van der Waals surface area contributed by atoms with E-state index in [2.05, 4.69) is 46.7 Å². The minimum absolute atomic E-state index is 0.167. The van der Waals surface area contributed by atoms with Gasteiger partial charge < -0.3 is 16.2 Å². The zero-order chi connectivity index (χ0) is 16.8. The number of nitrogens with one attached hydrogen (secondary N) is 1. The summed E-state index contributed by atoms with van der Waals surface area (Å²) < 4.78 is 0. The topological polar surface area (TPSA) is 71.2 Å². The molecule has 4 N–H and O–H groups in total. The van der Waals surface area contributed by atoms with Gasteiger partial charge in [0.1, 0.15) is 5.82 Å². The summed E-state index contributed by atoms with van der Waals surface area (Å²) in [7, 11) is 0. The summed E-state index contributed by atoms with van der Waals surface area (Å²) in [5.74, 6) is 0.505. The highest BCUT2D eigenvalue weighted by Crippen LogP contribution is 2.23. The first-order valence-electron chi connectivity index (χ1n) is 8.00. The maximum Gasteiger partial charge on any atom is 0.146 e. The summed E-state index contributed by atoms with van der Waals surface area (Å²) in [6.45, 7) is 0.847. The van der Waals surface area contributed by atoms with Crippen LogP contribution in [-0.2, 0) is 13.0 Å². The van der Waals surface area contributed by atoms with Gasteiger partial charge in [0, 0.05) is 19.3 Å². The SMILES string of the molecule is Nc1ncccc1NCc1cccc(-c2cccc(CCO)c2)c1. The molecule has 0 fully saturated rings. The third-order valence-electron chi connectivity index (χ3n) is 3.91. The molecule has 122 valence electrons. The number of hydrogen-bond acceptors (Lipinski definition) is 4. The second kappa shape index (κ2) is 7.62. The number of aliphatic hydroxyl groups excluding tert-OH is 1. The number of aliphatic hydroxyl groups is 1. The van der Waals surface area contributed by atoms with Crippen molar-refractivity contribution in [2.24, 2.45) is 0 Å². The van der Waals surface area contributed by atoms with Crippen LogP contribution >= 0.6 is 0 Å². The third-order valence-corrected chi connectivity index (χ3v) is 3.91. The van der Waals surface area contributed by atoms with Crippen LogP contribution < -0.4 is 11.1 Å². The fraction of sp³-hybridized carbons (Fsp3) is 0.150. The molecule has 0 spiro atoms. The minimum atomic E-state index is 0.167. The van der Waals surface area contributed by atoms with Crippen LogP contribution in [0.1, 0.15) is 11.1 Å². The lowest BCUT2D eigenvalue weighted by molar-refractivity contribution is 0.299. The molecule has 2 aromatic carbocycles. The van der Waals surface area contributed by atoms with E-state index in [1.54, 1.807) is 6.20 Å². The Kier molecular flexibility index (Phi) is 5.08. The van der Waals surface area contributed by atoms with Crippen LogP contribution in [-0.4, -0.2) is 16.7 Å². The van der Waals surface area contributed by atoms with E-state index in [9.17, 15) is 0 Å². The number of benzene rings is 2. The molecule has 1 aromatic heterocycles. The summed E-state index contributed by atoms with van der Waals surface area (Å²) in [6.07, 6.45) is 2.36. The first kappa shape index (κ1) is 16.0. The van der Waals surface area contributed by atoms with E-state index >= 15 is 0 Å². The van der Waals surface area contributed by atoms with Gasteiger partial charge >= 0.3 is 0 Å². The molecule has 24 heavy (non-hydrogen) atoms. The van der Waals surface area contributed by atoms with E-state index in [-0.39, 0.29) is 6.61 Å². The molecule has 0 aliphatic carbocycles. The van der Waals surface area contributed by atoms with E-state index < -0.39 is 0 Å². The van der Waals surface area contributed by atoms with Crippen molar-refractivity contribution in [1.82, 2.24) is 4.98 Å². The fourth-order valence-electron chi connectivity index (χ4n) is 2.66. The average molecular weight is 319 g/mol. The van der Waals surface area contributed by atoms with Gasteiger partial charge in [-0.25, -0.2) is 4.98 Å². The molecule has 4 heteroatoms. The first-order chi connectivity index (χ1) is 11.8. The van der Waals surface area contributed by atoms with Crippen molar-refractivity contribution in [2.75, 3.05) is 17.7 Å². The maximum atomic E-state index is 9.10. The number of rotatable bonds is 6. The predicted octanol–water partition coefficient (Wildman–Crippen LogP) is 3.48. The van der Waals surface area contributed by atoms with Gasteiger partial charge in [-0.2, -0.15) is 0 Å². The number of nitrogens with zero attached hydrogens (tertiary/aromatic N) is 1. The number of nitrogens with two attached hydrogens (primary N) is 1. The van der Waals surface area contributed by atoms with E-state index in [1.165, 1.54) is 5.56 Å². The summed E-state index contributed by atoms with van der Waals surface area (Å²) in [4.78, 5) is 4.08. The van der Waals surface area contributed by atoms with Crippen LogP contribution in [0.3, 0.4) is 0 Å². The second-order valence-corrected chi connectivity index (χ2v) is 5.66. The fourth-order valence-corrected chi connectivity index (χ4v) is 2.66. The Morgan fingerprint density at radius 1 is 0.917 bits per heavy atom. The van der Waals surface area contributed by atoms with Crippen molar-refractivity contribution >= 4 is 11.5 Å². The molecule has 3 aromatic rings. The Bertz CT molecular complexity index is 817. The number of hydrogen-bond donors (Lipinski definition) is 3. The van der Waals surface area contributed by atoms with Crippen LogP contribution in [0, 0.1) is 0 Å². The van der Waals surface area contributed by atoms with E-state index in [0.29, 0.717) is 18.8 Å². The van der Waals surface area contributed by atoms with Gasteiger partial charge in [0.15, 0.2) is 0 Å². The van der Waals surface area contributed by atoms with Gasteiger partial charge in [-0.1, -0.05) is 42.5 Å². The number of anilines is 2. The monoisotopic (exact) mass is 319 g/mol. The largest absolute Gasteiger partial charge is 0.396 e. The smallest absolute Gasteiger partial charge is 0.146 e. The van der Waals surface area contributed by atoms with Crippen molar-refractivity contribution in [1.29, 1.82) is 0 Å². The van der Waals surface area contributed by atoms with Crippen LogP contribution in [0.25, 0.3) is 11.1 Å². The first-order valence-corrected chi connectivity index (χ1v) is 8.00. The molecule has 0 aliphatic heterocycles. The van der Waals surface area contributed by atoms with Crippen LogP contribution in [0.4, 0.5) is 11.5 Å². The van der Waals surface area contributed by atoms with E-state index in [4.69, 9.17) is 10.8 Å². The summed E-state index contributed by atoms with van der Waals surface area (Å²) in [5.41, 5.74) is 11.3. The molecule has 0 atom stereocenters. The molecule has 0 unspecified atom stereocenters. The molecule has 1 heterocycles. The van der Waals surface area contributed by atoms with Crippen molar-refractivity contribution in [2.45, 2.75) is 13.0 Å². The highest BCUT2D eigenvalue weighted by Gasteiger charge is 2.03. The molecule has 0 saturated carbocycles. The number of aromatic nitrogens is 1. The number of nitrogen functional groups attached to an aromatic ring is 1. The molecular formula is C20H21N3O. The van der Waals surface area contributed by atoms with Gasteiger partial charge in [-0.3, -0.25) is 0 Å². The van der Waals surface area contributed by atoms with Gasteiger partial charge in [0.25, 0.3) is 0 Å². The lowest BCUT2D eigenvalue weighted by atomic mass is 10.00. The van der Waals surface area contributed by atoms with Gasteiger partial charge in [0.05, 0.1) is 5.69 Å². The Hall–Kier alpha value is -2.85. The van der Waals surface area contributed by atoms with Crippen molar-refractivity contribution in [3.63, 3.8) is 0 Å². The Labute approximate surface area is 142 Å². The Morgan fingerprint density at radius 3 is 2.33 bits per heavy atom. The Morgan fingerprint density at radius 2 is 1.62 bits per heavy atom. The quantitative estimate of drug-likeness (QED) is 0.650. The second-order valence-electron chi connectivity index (χ2n) is 5.66. The molecular weight excluding hydrogens is 298 g/mol. The third kappa shape index (κ3) is 3.91. The van der Waals surface area contributed by atoms with E-state index in [0.717, 1.165) is 22.4 Å². The van der Waals surface area contributed by atoms with Crippen molar-refractivity contribution < 1.29 is 5.11 Å². The molecule has 3 rings (SSSR count). The summed E-state index contributed by atoms with van der Waals surface area (Å²) in [6, 6.07) is 20.5. The molecule has 0 amide bonds. The van der Waals surface area contributed by atoms with Crippen LogP contribution in [0.15, 0.2) is 66.9 Å². The Balaban J connectivity index is 1.77. The lowest BCUT2D eigenvalue weighted by Crippen LogP contribution is -2.03. The highest BCUT2D eigenvalue weighted by molar-refractivity contribution is 5.65. The summed E-state index contributed by atoms with van der Waals surface area (Å²) in [5, 5.41) is 12.4. The van der Waals surface area contributed by atoms with Gasteiger partial charge in [0.2, 0.25) is 0 Å². The molecule has 0 aliphatic rings. The molecule has 4 nitrogen and oxygen atoms in total. The average Bonchev–Trinajstić information content (AvgIpc) is 2.62. The minimum Gasteiger partial charge on any atom is -0.396 e. The van der Waals surface area contributed by atoms with Gasteiger partial charge in [-0.05, 0) is 46.9 Å². The van der Waals surface area contributed by atoms with Gasteiger partial charge in [-0.15, -0.1) is 0 Å². The summed E-state index contributed by atoms with van der Waals surface area (Å²) >= 11 is 0. The lowest BCUT2D eigenvalue weighted by Gasteiger charge is -2.10. The van der Waals surface area contributed by atoms with Crippen LogP contribution in [0.5, 0.6) is 0 Å². The normalized spacial score (nSPS) is 10.5. The molecule has 0 radical (unpaired) electrons. The highest BCUT2D eigenvalue weighted by atomic mass is 16.2. The predicted molar refractivity (Wildman–Crippen MR) is 98.6 cm³/mol. The van der Waals surface area contributed by atoms with E-state index in [1.807, 2.05) is 24.3 Å². The standard InChI is InChI=1S/C20H21N3O/c21-20-19(8-3-10-22-20)23-14-16-5-2-7-18(13-16)17-6-1-4-15(12-17)9-11-24/h1-8,10,12-13,23-24H,9,11,14H2,(H2,21,22). The molecule has 0 bridgehead atoms.